The summed E-state index contributed by atoms with van der Waals surface area (Å²) in [6.45, 7) is 2.29. The van der Waals surface area contributed by atoms with E-state index >= 15 is 0 Å². The Bertz CT molecular complexity index is 737. The van der Waals surface area contributed by atoms with Crippen molar-refractivity contribution in [3.63, 3.8) is 0 Å². The molecule has 1 aliphatic carbocycles. The van der Waals surface area contributed by atoms with Gasteiger partial charge in [-0.25, -0.2) is 4.39 Å². The van der Waals surface area contributed by atoms with Crippen LogP contribution in [0.2, 0.25) is 0 Å². The minimum atomic E-state index is -0.247. The number of hydrogen-bond acceptors (Lipinski definition) is 2. The van der Waals surface area contributed by atoms with Crippen LogP contribution in [-0.4, -0.2) is 36.6 Å². The Kier molecular flexibility index (Phi) is 4.53. The minimum Gasteiger partial charge on any atom is -0.376 e. The third kappa shape index (κ3) is 3.90. The van der Waals surface area contributed by atoms with Gasteiger partial charge >= 0.3 is 0 Å². The molecule has 0 aromatic heterocycles. The molecule has 0 bridgehead atoms. The second-order valence-corrected chi connectivity index (χ2v) is 7.02. The second-order valence-electron chi connectivity index (χ2n) is 7.02. The number of halogens is 1. The van der Waals surface area contributed by atoms with Gasteiger partial charge in [0.05, 0.1) is 6.10 Å². The Morgan fingerprint density at radius 1 is 1.00 bits per heavy atom. The lowest BCUT2D eigenvalue weighted by atomic mass is 10.0. The Balaban J connectivity index is 1.38. The van der Waals surface area contributed by atoms with Gasteiger partial charge in [-0.1, -0.05) is 24.3 Å². The predicted molar refractivity (Wildman–Crippen MR) is 94.8 cm³/mol. The maximum absolute atomic E-state index is 13.0. The van der Waals surface area contributed by atoms with Gasteiger partial charge in [0.1, 0.15) is 5.82 Å². The summed E-state index contributed by atoms with van der Waals surface area (Å²) in [5.41, 5.74) is 2.60. The highest BCUT2D eigenvalue weighted by atomic mass is 19.1. The molecule has 1 aliphatic heterocycles. The van der Waals surface area contributed by atoms with E-state index in [0.29, 0.717) is 12.1 Å². The Hall–Kier alpha value is -2.20. The van der Waals surface area contributed by atoms with Crippen LogP contribution in [0.5, 0.6) is 0 Å². The molecular formula is C21H22FNO2. The summed E-state index contributed by atoms with van der Waals surface area (Å²) < 4.78 is 18.9. The number of amides is 1. The van der Waals surface area contributed by atoms with Crippen molar-refractivity contribution < 1.29 is 13.9 Å². The monoisotopic (exact) mass is 339 g/mol. The van der Waals surface area contributed by atoms with E-state index < -0.39 is 0 Å². The van der Waals surface area contributed by atoms with Gasteiger partial charge in [-0.3, -0.25) is 4.79 Å². The first-order valence-electron chi connectivity index (χ1n) is 8.96. The van der Waals surface area contributed by atoms with Gasteiger partial charge < -0.3 is 9.64 Å². The molecule has 2 aromatic rings. The van der Waals surface area contributed by atoms with Crippen molar-refractivity contribution in [3.05, 3.63) is 59.9 Å². The number of rotatable bonds is 5. The van der Waals surface area contributed by atoms with Crippen molar-refractivity contribution in [2.24, 2.45) is 5.92 Å². The summed E-state index contributed by atoms with van der Waals surface area (Å²) >= 11 is 0. The first-order valence-corrected chi connectivity index (χ1v) is 8.96. The molecule has 1 atom stereocenters. The van der Waals surface area contributed by atoms with Gasteiger partial charge in [0.15, 0.2) is 0 Å². The van der Waals surface area contributed by atoms with Crippen molar-refractivity contribution in [2.75, 3.05) is 19.7 Å². The van der Waals surface area contributed by atoms with Crippen molar-refractivity contribution in [3.8, 4) is 11.1 Å². The van der Waals surface area contributed by atoms with Crippen LogP contribution >= 0.6 is 0 Å². The fourth-order valence-electron chi connectivity index (χ4n) is 3.24. The number of carbonyl (C=O) groups excluding carboxylic acids is 1. The van der Waals surface area contributed by atoms with Crippen LogP contribution in [0.1, 0.15) is 29.6 Å². The van der Waals surface area contributed by atoms with Crippen molar-refractivity contribution in [2.45, 2.75) is 25.4 Å². The van der Waals surface area contributed by atoms with E-state index in [1.54, 1.807) is 12.1 Å². The first kappa shape index (κ1) is 16.3. The lowest BCUT2D eigenvalue weighted by Gasteiger charge is -2.17. The second kappa shape index (κ2) is 6.96. The number of ether oxygens (including phenoxy) is 1. The van der Waals surface area contributed by atoms with Gasteiger partial charge in [-0.15, -0.1) is 0 Å². The van der Waals surface area contributed by atoms with Gasteiger partial charge in [0, 0.05) is 25.3 Å². The van der Waals surface area contributed by atoms with Crippen LogP contribution in [0.15, 0.2) is 48.5 Å². The lowest BCUT2D eigenvalue weighted by molar-refractivity contribution is 0.0480. The van der Waals surface area contributed by atoms with Crippen LogP contribution in [0.25, 0.3) is 11.1 Å². The lowest BCUT2D eigenvalue weighted by Crippen LogP contribution is -2.30. The zero-order valence-corrected chi connectivity index (χ0v) is 14.2. The molecule has 1 saturated carbocycles. The topological polar surface area (TPSA) is 29.5 Å². The van der Waals surface area contributed by atoms with Crippen LogP contribution in [0.4, 0.5) is 4.39 Å². The minimum absolute atomic E-state index is 0.0585. The molecule has 0 spiro atoms. The SMILES string of the molecule is O=C(c1ccc(-c2ccc(F)cc2)cc1)N1CCC(OCC2CC2)C1. The molecule has 25 heavy (non-hydrogen) atoms. The largest absolute Gasteiger partial charge is 0.376 e. The van der Waals surface area contributed by atoms with Crippen molar-refractivity contribution in [1.29, 1.82) is 0 Å². The first-order chi connectivity index (χ1) is 12.2. The molecule has 0 N–H and O–H groups in total. The standard InChI is InChI=1S/C21H22FNO2/c22-19-9-7-17(8-10-19)16-3-5-18(6-4-16)21(24)23-12-11-20(13-23)25-14-15-1-2-15/h3-10,15,20H,1-2,11-14H2. The molecule has 130 valence electrons. The van der Waals surface area contributed by atoms with E-state index in [2.05, 4.69) is 0 Å². The average Bonchev–Trinajstić information content (AvgIpc) is 3.36. The van der Waals surface area contributed by atoms with Crippen LogP contribution < -0.4 is 0 Å². The molecule has 1 heterocycles. The molecule has 3 nitrogen and oxygen atoms in total. The molecular weight excluding hydrogens is 317 g/mol. The molecule has 1 unspecified atom stereocenters. The van der Waals surface area contributed by atoms with Gasteiger partial charge in [-0.2, -0.15) is 0 Å². The summed E-state index contributed by atoms with van der Waals surface area (Å²) in [5, 5.41) is 0. The molecule has 2 fully saturated rings. The summed E-state index contributed by atoms with van der Waals surface area (Å²) in [4.78, 5) is 14.5. The normalized spacial score (nSPS) is 20.0. The molecule has 1 saturated heterocycles. The van der Waals surface area contributed by atoms with Crippen LogP contribution in [0.3, 0.4) is 0 Å². The third-order valence-electron chi connectivity index (χ3n) is 5.01. The van der Waals surface area contributed by atoms with Gasteiger partial charge in [0.2, 0.25) is 0 Å². The maximum Gasteiger partial charge on any atom is 0.253 e. The summed E-state index contributed by atoms with van der Waals surface area (Å²) in [7, 11) is 0. The molecule has 4 heteroatoms. The number of nitrogens with zero attached hydrogens (tertiary/aromatic N) is 1. The number of hydrogen-bond donors (Lipinski definition) is 0. The number of benzene rings is 2. The van der Waals surface area contributed by atoms with E-state index in [1.807, 2.05) is 29.2 Å². The zero-order valence-electron chi connectivity index (χ0n) is 14.2. The maximum atomic E-state index is 13.0. The van der Waals surface area contributed by atoms with E-state index in [9.17, 15) is 9.18 Å². The summed E-state index contributed by atoms with van der Waals surface area (Å²) in [6.07, 6.45) is 3.68. The summed E-state index contributed by atoms with van der Waals surface area (Å²) in [6, 6.07) is 13.9. The van der Waals surface area contributed by atoms with Crippen LogP contribution in [-0.2, 0) is 4.74 Å². The fraction of sp³-hybridized carbons (Fsp3) is 0.381. The molecule has 0 radical (unpaired) electrons. The average molecular weight is 339 g/mol. The quantitative estimate of drug-likeness (QED) is 0.819. The highest BCUT2D eigenvalue weighted by Crippen LogP contribution is 2.30. The molecule has 4 rings (SSSR count). The molecule has 2 aliphatic rings. The third-order valence-corrected chi connectivity index (χ3v) is 5.01. The number of carbonyl (C=O) groups is 1. The summed E-state index contributed by atoms with van der Waals surface area (Å²) in [5.74, 6) is 0.565. The van der Waals surface area contributed by atoms with E-state index in [-0.39, 0.29) is 17.8 Å². The van der Waals surface area contributed by atoms with Crippen molar-refractivity contribution >= 4 is 5.91 Å². The van der Waals surface area contributed by atoms with E-state index in [0.717, 1.165) is 36.6 Å². The van der Waals surface area contributed by atoms with Gasteiger partial charge in [-0.05, 0) is 60.6 Å². The van der Waals surface area contributed by atoms with Gasteiger partial charge in [0.25, 0.3) is 5.91 Å². The number of likely N-dealkylation sites (tertiary alicyclic amines) is 1. The van der Waals surface area contributed by atoms with Crippen molar-refractivity contribution in [1.82, 2.24) is 4.90 Å². The Labute approximate surface area is 147 Å². The smallest absolute Gasteiger partial charge is 0.253 e. The zero-order chi connectivity index (χ0) is 17.2. The Morgan fingerprint density at radius 2 is 1.64 bits per heavy atom. The van der Waals surface area contributed by atoms with Crippen LogP contribution in [0, 0.1) is 11.7 Å². The highest BCUT2D eigenvalue weighted by molar-refractivity contribution is 5.95. The molecule has 2 aromatic carbocycles. The predicted octanol–water partition coefficient (Wildman–Crippen LogP) is 4.13. The molecule has 1 amide bonds. The highest BCUT2D eigenvalue weighted by Gasteiger charge is 2.29. The Morgan fingerprint density at radius 3 is 2.28 bits per heavy atom. The van der Waals surface area contributed by atoms with E-state index in [1.165, 1.54) is 25.0 Å². The fourth-order valence-corrected chi connectivity index (χ4v) is 3.24. The van der Waals surface area contributed by atoms with E-state index in [4.69, 9.17) is 4.74 Å².